The number of aromatic nitrogens is 3. The summed E-state index contributed by atoms with van der Waals surface area (Å²) in [4.78, 5) is 29.0. The molecule has 7 rings (SSSR count). The summed E-state index contributed by atoms with van der Waals surface area (Å²) < 4.78 is 5.54. The molecule has 41 heavy (non-hydrogen) atoms. The standard InChI is InChI=1S/C31H29ClN6O2S/c32-24-15-33-28-23(14-25(36-28)21-10-8-20(9-11-21)17-38-12-4-5-13-38)27(24)29-34-16-26(41-29)31(18-40-19-31)37-30(39)35-22-6-2-1-3-7-22/h1-3,6-11,14-16H,4-5,12-13,17-19H2,(H,33,36)(H2,35,37,39). The minimum atomic E-state index is -0.645. The van der Waals surface area contributed by atoms with Gasteiger partial charge in [0.25, 0.3) is 0 Å². The van der Waals surface area contributed by atoms with Gasteiger partial charge in [0, 0.05) is 41.3 Å². The Morgan fingerprint density at radius 1 is 1.05 bits per heavy atom. The summed E-state index contributed by atoms with van der Waals surface area (Å²) >= 11 is 8.23. The second-order valence-corrected chi connectivity index (χ2v) is 12.1. The van der Waals surface area contributed by atoms with Crippen LogP contribution in [0, 0.1) is 0 Å². The zero-order valence-electron chi connectivity index (χ0n) is 22.3. The molecule has 0 spiro atoms. The smallest absolute Gasteiger partial charge is 0.320 e. The fraction of sp³-hybridized carbons (Fsp3) is 0.258. The van der Waals surface area contributed by atoms with E-state index in [0.717, 1.165) is 50.0 Å². The molecule has 3 N–H and O–H groups in total. The average Bonchev–Trinajstić information content (AvgIpc) is 3.73. The highest BCUT2D eigenvalue weighted by atomic mass is 35.5. The fourth-order valence-electron chi connectivity index (χ4n) is 5.51. The number of aromatic amines is 1. The zero-order valence-corrected chi connectivity index (χ0v) is 23.9. The lowest BCUT2D eigenvalue weighted by molar-refractivity contribution is -0.0691. The number of carbonyl (C=O) groups excluding carboxylic acids is 1. The van der Waals surface area contributed by atoms with Crippen LogP contribution in [0.1, 0.15) is 23.3 Å². The molecule has 0 saturated carbocycles. The molecule has 0 radical (unpaired) electrons. The highest BCUT2D eigenvalue weighted by Gasteiger charge is 2.44. The molecule has 0 bridgehead atoms. The van der Waals surface area contributed by atoms with Gasteiger partial charge in [0.15, 0.2) is 0 Å². The fourth-order valence-corrected chi connectivity index (χ4v) is 6.91. The molecule has 0 atom stereocenters. The number of nitrogens with one attached hydrogen (secondary N) is 3. The Labute approximate surface area is 246 Å². The number of halogens is 1. The Bertz CT molecular complexity index is 1690. The summed E-state index contributed by atoms with van der Waals surface area (Å²) in [5.41, 5.74) is 5.04. The topological polar surface area (TPSA) is 95.2 Å². The summed E-state index contributed by atoms with van der Waals surface area (Å²) in [7, 11) is 0. The Hall–Kier alpha value is -3.76. The Balaban J connectivity index is 1.14. The number of likely N-dealkylation sites (tertiary alicyclic amines) is 1. The molecule has 2 aliphatic rings. The number of H-pyrrole nitrogens is 1. The number of nitrogens with zero attached hydrogens (tertiary/aromatic N) is 3. The number of fused-ring (bicyclic) bond motifs is 1. The van der Waals surface area contributed by atoms with Crippen LogP contribution in [0.3, 0.4) is 0 Å². The van der Waals surface area contributed by atoms with Gasteiger partial charge in [-0.2, -0.15) is 0 Å². The third kappa shape index (κ3) is 5.22. The number of hydrogen-bond donors (Lipinski definition) is 3. The number of thiazole rings is 1. The normalized spacial score (nSPS) is 16.5. The quantitative estimate of drug-likeness (QED) is 0.199. The van der Waals surface area contributed by atoms with Gasteiger partial charge < -0.3 is 20.4 Å². The molecule has 5 heterocycles. The number of pyridine rings is 1. The molecule has 8 nitrogen and oxygen atoms in total. The number of hydrogen-bond acceptors (Lipinski definition) is 6. The summed E-state index contributed by atoms with van der Waals surface area (Å²) in [6.07, 6.45) is 6.05. The van der Waals surface area contributed by atoms with Crippen molar-refractivity contribution >= 4 is 45.7 Å². The van der Waals surface area contributed by atoms with Gasteiger partial charge in [-0.25, -0.2) is 14.8 Å². The van der Waals surface area contributed by atoms with Crippen LogP contribution in [0.5, 0.6) is 0 Å². The summed E-state index contributed by atoms with van der Waals surface area (Å²) in [5.74, 6) is 0. The van der Waals surface area contributed by atoms with Gasteiger partial charge in [0.2, 0.25) is 0 Å². The average molecular weight is 585 g/mol. The molecular formula is C31H29ClN6O2S. The first-order chi connectivity index (χ1) is 20.1. The van der Waals surface area contributed by atoms with E-state index in [9.17, 15) is 4.79 Å². The minimum absolute atomic E-state index is 0.291. The second kappa shape index (κ2) is 10.9. The number of urea groups is 1. The Morgan fingerprint density at radius 2 is 1.83 bits per heavy atom. The van der Waals surface area contributed by atoms with E-state index in [-0.39, 0.29) is 6.03 Å². The molecule has 208 valence electrons. The van der Waals surface area contributed by atoms with E-state index in [1.807, 2.05) is 30.3 Å². The van der Waals surface area contributed by atoms with Gasteiger partial charge in [-0.05, 0) is 55.3 Å². The SMILES string of the molecule is O=C(Nc1ccccc1)NC1(c2cnc(-c3c(Cl)cnc4[nH]c(-c5ccc(CN6CCCC6)cc5)cc34)s2)COC1. The Kier molecular flexibility index (Phi) is 6.96. The van der Waals surface area contributed by atoms with Crippen LogP contribution in [-0.4, -0.2) is 52.2 Å². The lowest BCUT2D eigenvalue weighted by atomic mass is 9.96. The number of benzene rings is 2. The van der Waals surface area contributed by atoms with Crippen molar-refractivity contribution in [2.75, 3.05) is 31.6 Å². The Morgan fingerprint density at radius 3 is 2.56 bits per heavy atom. The van der Waals surface area contributed by atoms with Crippen molar-refractivity contribution in [3.8, 4) is 21.8 Å². The van der Waals surface area contributed by atoms with E-state index < -0.39 is 5.54 Å². The molecule has 3 aromatic heterocycles. The third-order valence-electron chi connectivity index (χ3n) is 7.75. The van der Waals surface area contributed by atoms with Gasteiger partial charge in [-0.1, -0.05) is 54.1 Å². The van der Waals surface area contributed by atoms with E-state index in [2.05, 4.69) is 55.8 Å². The van der Waals surface area contributed by atoms with E-state index >= 15 is 0 Å². The van der Waals surface area contributed by atoms with Gasteiger partial charge in [-0.3, -0.25) is 4.90 Å². The number of amides is 2. The largest absolute Gasteiger partial charge is 0.376 e. The third-order valence-corrected chi connectivity index (χ3v) is 9.26. The van der Waals surface area contributed by atoms with Crippen LogP contribution >= 0.6 is 22.9 Å². The van der Waals surface area contributed by atoms with Crippen molar-refractivity contribution < 1.29 is 9.53 Å². The molecule has 2 aliphatic heterocycles. The number of ether oxygens (including phenoxy) is 1. The van der Waals surface area contributed by atoms with E-state index in [1.165, 1.54) is 42.8 Å². The lowest BCUT2D eigenvalue weighted by Gasteiger charge is -2.40. The predicted octanol–water partition coefficient (Wildman–Crippen LogP) is 6.65. The number of anilines is 1. The summed E-state index contributed by atoms with van der Waals surface area (Å²) in [6, 6.07) is 19.9. The molecule has 2 aromatic carbocycles. The molecular weight excluding hydrogens is 556 g/mol. The maximum Gasteiger partial charge on any atom is 0.320 e. The van der Waals surface area contributed by atoms with E-state index in [4.69, 9.17) is 21.3 Å². The molecule has 10 heteroatoms. The molecule has 2 amide bonds. The molecule has 0 unspecified atom stereocenters. The van der Waals surface area contributed by atoms with Crippen molar-refractivity contribution in [3.05, 3.63) is 88.5 Å². The number of rotatable bonds is 7. The van der Waals surface area contributed by atoms with Crippen LogP contribution in [0.4, 0.5) is 10.5 Å². The molecule has 5 aromatic rings. The monoisotopic (exact) mass is 584 g/mol. The van der Waals surface area contributed by atoms with Crippen molar-refractivity contribution in [1.82, 2.24) is 25.2 Å². The van der Waals surface area contributed by atoms with Crippen molar-refractivity contribution in [2.24, 2.45) is 0 Å². The highest BCUT2D eigenvalue weighted by molar-refractivity contribution is 7.15. The van der Waals surface area contributed by atoms with Crippen molar-refractivity contribution in [2.45, 2.75) is 24.9 Å². The van der Waals surface area contributed by atoms with E-state index in [1.54, 1.807) is 12.4 Å². The maximum absolute atomic E-state index is 12.8. The second-order valence-electron chi connectivity index (χ2n) is 10.7. The van der Waals surface area contributed by atoms with Crippen LogP contribution in [0.2, 0.25) is 5.02 Å². The van der Waals surface area contributed by atoms with Gasteiger partial charge in [0.05, 0.1) is 23.1 Å². The summed E-state index contributed by atoms with van der Waals surface area (Å²) in [5, 5.41) is 8.19. The van der Waals surface area contributed by atoms with Crippen molar-refractivity contribution in [3.63, 3.8) is 0 Å². The lowest BCUT2D eigenvalue weighted by Crippen LogP contribution is -2.59. The summed E-state index contributed by atoms with van der Waals surface area (Å²) in [6.45, 7) is 4.11. The first-order valence-corrected chi connectivity index (χ1v) is 14.9. The van der Waals surface area contributed by atoms with Gasteiger partial charge in [-0.15, -0.1) is 11.3 Å². The van der Waals surface area contributed by atoms with Crippen LogP contribution < -0.4 is 10.6 Å². The zero-order chi connectivity index (χ0) is 27.8. The van der Waals surface area contributed by atoms with E-state index in [0.29, 0.717) is 18.2 Å². The molecule has 0 aliphatic carbocycles. The van der Waals surface area contributed by atoms with Crippen LogP contribution in [0.15, 0.2) is 73.1 Å². The minimum Gasteiger partial charge on any atom is -0.376 e. The molecule has 2 fully saturated rings. The number of carbonyl (C=O) groups is 1. The van der Waals surface area contributed by atoms with Crippen molar-refractivity contribution in [1.29, 1.82) is 0 Å². The molecule has 2 saturated heterocycles. The van der Waals surface area contributed by atoms with Crippen LogP contribution in [-0.2, 0) is 16.8 Å². The number of para-hydroxylation sites is 1. The maximum atomic E-state index is 12.8. The van der Waals surface area contributed by atoms with Gasteiger partial charge in [0.1, 0.15) is 16.2 Å². The predicted molar refractivity (Wildman–Crippen MR) is 163 cm³/mol. The first-order valence-electron chi connectivity index (χ1n) is 13.7. The first kappa shape index (κ1) is 26.2. The van der Waals surface area contributed by atoms with Crippen LogP contribution in [0.25, 0.3) is 32.9 Å². The highest BCUT2D eigenvalue weighted by Crippen LogP contribution is 2.42. The van der Waals surface area contributed by atoms with Gasteiger partial charge >= 0.3 is 6.03 Å².